The Hall–Kier alpha value is -1.93. The number of hydrogen-bond donors (Lipinski definition) is 4. The summed E-state index contributed by atoms with van der Waals surface area (Å²) in [4.78, 5) is 26.3. The zero-order chi connectivity index (χ0) is 17.3. The van der Waals surface area contributed by atoms with Crippen molar-refractivity contribution in [3.63, 3.8) is 0 Å². The summed E-state index contributed by atoms with van der Waals surface area (Å²) >= 11 is 0. The second kappa shape index (κ2) is 6.90. The maximum atomic E-state index is 12.4. The number of aryl methyl sites for hydroxylation is 2. The molecule has 3 rings (SSSR count). The van der Waals surface area contributed by atoms with Crippen LogP contribution in [-0.2, 0) is 4.79 Å². The number of carbonyl (C=O) groups excluding carboxylic acids is 2. The van der Waals surface area contributed by atoms with Crippen molar-refractivity contribution in [3.8, 4) is 0 Å². The second-order valence-electron chi connectivity index (χ2n) is 6.83. The fraction of sp³-hybridized carbons (Fsp3) is 0.688. The van der Waals surface area contributed by atoms with Crippen molar-refractivity contribution in [2.75, 3.05) is 13.1 Å². The van der Waals surface area contributed by atoms with Crippen molar-refractivity contribution in [2.24, 2.45) is 0 Å². The first-order chi connectivity index (χ1) is 11.4. The van der Waals surface area contributed by atoms with Crippen molar-refractivity contribution in [3.05, 3.63) is 17.0 Å². The highest BCUT2D eigenvalue weighted by atomic mass is 16.2. The van der Waals surface area contributed by atoms with E-state index in [0.29, 0.717) is 12.0 Å². The van der Waals surface area contributed by atoms with E-state index in [-0.39, 0.29) is 30.2 Å². The number of aromatic amines is 1. The largest absolute Gasteiger partial charge is 0.349 e. The molecule has 3 heterocycles. The molecule has 8 heteroatoms. The monoisotopic (exact) mass is 334 g/mol. The van der Waals surface area contributed by atoms with Crippen LogP contribution in [0, 0.1) is 13.8 Å². The van der Waals surface area contributed by atoms with Crippen LogP contribution < -0.4 is 16.0 Å². The topological polar surface area (TPSA) is 102 Å². The molecule has 0 aromatic carbocycles. The third-order valence-corrected chi connectivity index (χ3v) is 4.82. The molecule has 2 amide bonds. The molecular weight excluding hydrogens is 308 g/mol. The quantitative estimate of drug-likeness (QED) is 0.623. The number of aromatic nitrogens is 2. The van der Waals surface area contributed by atoms with Crippen LogP contribution in [0.2, 0.25) is 0 Å². The van der Waals surface area contributed by atoms with Crippen molar-refractivity contribution in [2.45, 2.75) is 58.4 Å². The highest BCUT2D eigenvalue weighted by molar-refractivity contribution is 5.96. The SMILES string of the molecule is Cc1n[nH]c(C)c1C(=O)NC1CCN(C2NC(=O)CC(C)N2)CC1. The predicted octanol–water partition coefficient (Wildman–Crippen LogP) is 0.00234. The van der Waals surface area contributed by atoms with Crippen LogP contribution in [0.4, 0.5) is 0 Å². The van der Waals surface area contributed by atoms with E-state index < -0.39 is 0 Å². The molecule has 1 aromatic heterocycles. The molecule has 0 saturated carbocycles. The number of piperidine rings is 1. The molecular formula is C16H26N6O2. The fourth-order valence-corrected chi connectivity index (χ4v) is 3.50. The number of nitrogens with one attached hydrogen (secondary N) is 4. The third kappa shape index (κ3) is 3.59. The number of H-pyrrole nitrogens is 1. The van der Waals surface area contributed by atoms with Crippen LogP contribution in [0.15, 0.2) is 0 Å². The van der Waals surface area contributed by atoms with Gasteiger partial charge in [-0.15, -0.1) is 0 Å². The van der Waals surface area contributed by atoms with Gasteiger partial charge in [0.15, 0.2) is 0 Å². The van der Waals surface area contributed by atoms with Gasteiger partial charge < -0.3 is 10.6 Å². The molecule has 2 fully saturated rings. The van der Waals surface area contributed by atoms with Crippen LogP contribution in [0.25, 0.3) is 0 Å². The third-order valence-electron chi connectivity index (χ3n) is 4.82. The Balaban J connectivity index is 1.52. The summed E-state index contributed by atoms with van der Waals surface area (Å²) in [5.74, 6) is 0.0301. The van der Waals surface area contributed by atoms with E-state index in [1.54, 1.807) is 0 Å². The lowest BCUT2D eigenvalue weighted by Gasteiger charge is -2.41. The molecule has 2 atom stereocenters. The van der Waals surface area contributed by atoms with Gasteiger partial charge in [0.05, 0.1) is 11.3 Å². The summed E-state index contributed by atoms with van der Waals surface area (Å²) in [5.41, 5.74) is 2.17. The van der Waals surface area contributed by atoms with Gasteiger partial charge in [0.1, 0.15) is 6.29 Å². The molecule has 0 radical (unpaired) electrons. The molecule has 1 aromatic rings. The van der Waals surface area contributed by atoms with Crippen LogP contribution in [0.3, 0.4) is 0 Å². The second-order valence-corrected chi connectivity index (χ2v) is 6.83. The fourth-order valence-electron chi connectivity index (χ4n) is 3.50. The Kier molecular flexibility index (Phi) is 4.86. The molecule has 2 saturated heterocycles. The number of carbonyl (C=O) groups is 2. The Labute approximate surface area is 141 Å². The van der Waals surface area contributed by atoms with E-state index in [1.165, 1.54) is 0 Å². The minimum absolute atomic E-state index is 0.0603. The van der Waals surface area contributed by atoms with Crippen LogP contribution >= 0.6 is 0 Å². The lowest BCUT2D eigenvalue weighted by atomic mass is 10.0. The average Bonchev–Trinajstić information content (AvgIpc) is 2.86. The van der Waals surface area contributed by atoms with Gasteiger partial charge in [-0.3, -0.25) is 24.9 Å². The molecule has 2 aliphatic heterocycles. The first-order valence-corrected chi connectivity index (χ1v) is 8.56. The minimum Gasteiger partial charge on any atom is -0.349 e. The van der Waals surface area contributed by atoms with Gasteiger partial charge in [-0.25, -0.2) is 0 Å². The van der Waals surface area contributed by atoms with Crippen LogP contribution in [0.5, 0.6) is 0 Å². The van der Waals surface area contributed by atoms with Gasteiger partial charge in [0.2, 0.25) is 5.91 Å². The number of amides is 2. The lowest BCUT2D eigenvalue weighted by molar-refractivity contribution is -0.127. The Bertz CT molecular complexity index is 601. The molecule has 2 unspecified atom stereocenters. The molecule has 2 aliphatic rings. The Morgan fingerprint density at radius 2 is 2.00 bits per heavy atom. The highest BCUT2D eigenvalue weighted by Crippen LogP contribution is 2.16. The Morgan fingerprint density at radius 1 is 1.29 bits per heavy atom. The van der Waals surface area contributed by atoms with E-state index in [9.17, 15) is 9.59 Å². The summed E-state index contributed by atoms with van der Waals surface area (Å²) in [6.07, 6.45) is 2.15. The maximum absolute atomic E-state index is 12.4. The molecule has 0 bridgehead atoms. The summed E-state index contributed by atoms with van der Waals surface area (Å²) < 4.78 is 0. The first kappa shape index (κ1) is 16.9. The summed E-state index contributed by atoms with van der Waals surface area (Å²) in [5, 5.41) is 16.4. The van der Waals surface area contributed by atoms with Gasteiger partial charge in [-0.2, -0.15) is 5.10 Å². The molecule has 4 N–H and O–H groups in total. The minimum atomic E-state index is -0.101. The van der Waals surface area contributed by atoms with Gasteiger partial charge in [-0.1, -0.05) is 0 Å². The number of likely N-dealkylation sites (tertiary alicyclic amines) is 1. The highest BCUT2D eigenvalue weighted by Gasteiger charge is 2.31. The van der Waals surface area contributed by atoms with Crippen molar-refractivity contribution < 1.29 is 9.59 Å². The van der Waals surface area contributed by atoms with E-state index >= 15 is 0 Å². The van der Waals surface area contributed by atoms with Crippen LogP contribution in [-0.4, -0.2) is 58.4 Å². The summed E-state index contributed by atoms with van der Waals surface area (Å²) in [6, 6.07) is 0.340. The first-order valence-electron chi connectivity index (χ1n) is 8.56. The molecule has 8 nitrogen and oxygen atoms in total. The smallest absolute Gasteiger partial charge is 0.255 e. The number of rotatable bonds is 3. The van der Waals surface area contributed by atoms with E-state index in [1.807, 2.05) is 20.8 Å². The zero-order valence-electron chi connectivity index (χ0n) is 14.5. The summed E-state index contributed by atoms with van der Waals surface area (Å²) in [7, 11) is 0. The molecule has 132 valence electrons. The van der Waals surface area contributed by atoms with Crippen molar-refractivity contribution >= 4 is 11.8 Å². The van der Waals surface area contributed by atoms with Crippen molar-refractivity contribution in [1.82, 2.24) is 31.0 Å². The predicted molar refractivity (Wildman–Crippen MR) is 89.3 cm³/mol. The van der Waals surface area contributed by atoms with Gasteiger partial charge >= 0.3 is 0 Å². The average molecular weight is 334 g/mol. The zero-order valence-corrected chi connectivity index (χ0v) is 14.5. The maximum Gasteiger partial charge on any atom is 0.255 e. The van der Waals surface area contributed by atoms with E-state index in [0.717, 1.165) is 37.3 Å². The molecule has 24 heavy (non-hydrogen) atoms. The number of nitrogens with zero attached hydrogens (tertiary/aromatic N) is 2. The van der Waals surface area contributed by atoms with Gasteiger partial charge in [-0.05, 0) is 33.6 Å². The standard InChI is InChI=1S/C16H26N6O2/c1-9-8-13(23)19-16(17-9)22-6-4-12(5-7-22)18-15(24)14-10(2)20-21-11(14)3/h9,12,16-17H,4-8H2,1-3H3,(H,18,24)(H,19,23)(H,20,21). The Morgan fingerprint density at radius 3 is 2.58 bits per heavy atom. The van der Waals surface area contributed by atoms with Crippen LogP contribution in [0.1, 0.15) is 47.9 Å². The molecule has 0 aliphatic carbocycles. The van der Waals surface area contributed by atoms with Gasteiger partial charge in [0.25, 0.3) is 5.91 Å². The van der Waals surface area contributed by atoms with Gasteiger partial charge in [0, 0.05) is 37.3 Å². The normalized spacial score (nSPS) is 26.2. The lowest BCUT2D eigenvalue weighted by Crippen LogP contribution is -2.65. The molecule has 0 spiro atoms. The van der Waals surface area contributed by atoms with Crippen molar-refractivity contribution in [1.29, 1.82) is 0 Å². The number of hydrogen-bond acceptors (Lipinski definition) is 5. The van der Waals surface area contributed by atoms with E-state index in [2.05, 4.69) is 31.0 Å². The summed E-state index contributed by atoms with van der Waals surface area (Å²) in [6.45, 7) is 7.38. The van der Waals surface area contributed by atoms with E-state index in [4.69, 9.17) is 0 Å².